The number of pyridine rings is 1. The van der Waals surface area contributed by atoms with Crippen molar-refractivity contribution in [1.82, 2.24) is 19.6 Å². The highest BCUT2D eigenvalue weighted by Crippen LogP contribution is 2.24. The number of halogens is 2. The Morgan fingerprint density at radius 2 is 2.05 bits per heavy atom. The molecule has 0 atom stereocenters. The highest BCUT2D eigenvalue weighted by molar-refractivity contribution is 6.36. The van der Waals surface area contributed by atoms with E-state index in [9.17, 15) is 4.79 Å². The molecule has 0 aliphatic carbocycles. The molecular weight excluding hydrogens is 323 g/mol. The predicted molar refractivity (Wildman–Crippen MR) is 90.1 cm³/mol. The first-order valence-corrected chi connectivity index (χ1v) is 8.07. The van der Waals surface area contributed by atoms with Crippen molar-refractivity contribution in [2.24, 2.45) is 0 Å². The summed E-state index contributed by atoms with van der Waals surface area (Å²) in [6.45, 7) is 9.32. The van der Waals surface area contributed by atoms with Crippen molar-refractivity contribution in [2.75, 3.05) is 26.2 Å². The van der Waals surface area contributed by atoms with E-state index in [1.807, 2.05) is 0 Å². The van der Waals surface area contributed by atoms with Crippen molar-refractivity contribution in [2.45, 2.75) is 20.8 Å². The lowest BCUT2D eigenvalue weighted by Crippen LogP contribution is -2.35. The average Bonchev–Trinajstić information content (AvgIpc) is 2.80. The van der Waals surface area contributed by atoms with E-state index < -0.39 is 0 Å². The van der Waals surface area contributed by atoms with E-state index >= 15 is 0 Å². The third-order valence-electron chi connectivity index (χ3n) is 3.64. The predicted octanol–water partition coefficient (Wildman–Crippen LogP) is 3.02. The number of imidazole rings is 1. The molecule has 0 aromatic carbocycles. The molecule has 0 radical (unpaired) electrons. The van der Waals surface area contributed by atoms with Gasteiger partial charge in [-0.05, 0) is 26.1 Å². The van der Waals surface area contributed by atoms with Crippen LogP contribution in [-0.4, -0.2) is 46.4 Å². The quantitative estimate of drug-likeness (QED) is 0.877. The van der Waals surface area contributed by atoms with Crippen LogP contribution in [-0.2, 0) is 0 Å². The number of aromatic nitrogens is 2. The molecule has 120 valence electrons. The number of nitrogens with one attached hydrogen (secondary N) is 1. The van der Waals surface area contributed by atoms with Crippen LogP contribution < -0.4 is 5.32 Å². The van der Waals surface area contributed by atoms with E-state index in [-0.39, 0.29) is 5.91 Å². The number of aryl methyl sites for hydroxylation is 1. The van der Waals surface area contributed by atoms with Crippen molar-refractivity contribution >= 4 is 34.8 Å². The molecule has 0 saturated carbocycles. The lowest BCUT2D eigenvalue weighted by Gasteiger charge is -2.17. The fraction of sp³-hybridized carbons (Fsp3) is 0.467. The number of amides is 1. The van der Waals surface area contributed by atoms with Gasteiger partial charge in [0.2, 0.25) is 0 Å². The normalized spacial score (nSPS) is 11.4. The third kappa shape index (κ3) is 3.54. The van der Waals surface area contributed by atoms with Crippen LogP contribution in [0.1, 0.15) is 30.0 Å². The fourth-order valence-corrected chi connectivity index (χ4v) is 2.92. The Bertz CT molecular complexity index is 680. The summed E-state index contributed by atoms with van der Waals surface area (Å²) in [4.78, 5) is 19.0. The van der Waals surface area contributed by atoms with Gasteiger partial charge in [-0.2, -0.15) is 0 Å². The molecule has 2 aromatic rings. The lowest BCUT2D eigenvalue weighted by molar-refractivity contribution is 0.0942. The molecule has 1 amide bonds. The van der Waals surface area contributed by atoms with Crippen LogP contribution in [0, 0.1) is 6.92 Å². The molecule has 0 aliphatic heterocycles. The van der Waals surface area contributed by atoms with E-state index in [1.54, 1.807) is 23.6 Å². The van der Waals surface area contributed by atoms with Gasteiger partial charge in [-0.15, -0.1) is 0 Å². The number of hydrogen-bond acceptors (Lipinski definition) is 3. The van der Waals surface area contributed by atoms with E-state index in [0.29, 0.717) is 33.6 Å². The summed E-state index contributed by atoms with van der Waals surface area (Å²) in [5.74, 6) is -0.171. The maximum atomic E-state index is 12.4. The SMILES string of the molecule is CCN(CC)CCNC(=O)c1c(C)nc2c(Cl)cc(Cl)cn12. The summed E-state index contributed by atoms with van der Waals surface area (Å²) < 4.78 is 1.65. The van der Waals surface area contributed by atoms with Gasteiger partial charge in [0.25, 0.3) is 5.91 Å². The Balaban J connectivity index is 2.19. The van der Waals surface area contributed by atoms with Crippen molar-refractivity contribution < 1.29 is 4.79 Å². The minimum atomic E-state index is -0.171. The summed E-state index contributed by atoms with van der Waals surface area (Å²) in [6, 6.07) is 1.62. The Labute approximate surface area is 140 Å². The van der Waals surface area contributed by atoms with Gasteiger partial charge in [-0.1, -0.05) is 37.0 Å². The highest BCUT2D eigenvalue weighted by atomic mass is 35.5. The standard InChI is InChI=1S/C15H20Cl2N4O/c1-4-20(5-2)7-6-18-15(22)13-10(3)19-14-12(17)8-11(16)9-21(13)14/h8-9H,4-7H2,1-3H3,(H,18,22). The zero-order valence-electron chi connectivity index (χ0n) is 13.0. The summed E-state index contributed by atoms with van der Waals surface area (Å²) in [7, 11) is 0. The molecular formula is C15H20Cl2N4O. The van der Waals surface area contributed by atoms with Crippen LogP contribution >= 0.6 is 23.2 Å². The zero-order chi connectivity index (χ0) is 16.3. The van der Waals surface area contributed by atoms with Crippen LogP contribution in [0.25, 0.3) is 5.65 Å². The van der Waals surface area contributed by atoms with Crippen LogP contribution in [0.3, 0.4) is 0 Å². The van der Waals surface area contributed by atoms with Gasteiger partial charge in [0.15, 0.2) is 5.65 Å². The van der Waals surface area contributed by atoms with Crippen LogP contribution in [0.4, 0.5) is 0 Å². The number of fused-ring (bicyclic) bond motifs is 1. The lowest BCUT2D eigenvalue weighted by atomic mass is 10.3. The maximum absolute atomic E-state index is 12.4. The van der Waals surface area contributed by atoms with E-state index in [0.717, 1.165) is 19.6 Å². The second kappa shape index (κ2) is 7.31. The van der Waals surface area contributed by atoms with Crippen molar-refractivity contribution in [3.8, 4) is 0 Å². The second-order valence-corrected chi connectivity index (χ2v) is 5.87. The Morgan fingerprint density at radius 3 is 2.68 bits per heavy atom. The van der Waals surface area contributed by atoms with Gasteiger partial charge in [0.1, 0.15) is 5.69 Å². The summed E-state index contributed by atoms with van der Waals surface area (Å²) in [5.41, 5.74) is 1.64. The number of carbonyl (C=O) groups excluding carboxylic acids is 1. The number of likely N-dealkylation sites (N-methyl/N-ethyl adjacent to an activating group) is 1. The number of rotatable bonds is 6. The number of carbonyl (C=O) groups is 1. The Kier molecular flexibility index (Phi) is 5.67. The van der Waals surface area contributed by atoms with Crippen molar-refractivity contribution in [1.29, 1.82) is 0 Å². The van der Waals surface area contributed by atoms with Gasteiger partial charge in [-0.3, -0.25) is 9.20 Å². The molecule has 2 aromatic heterocycles. The topological polar surface area (TPSA) is 49.6 Å². The van der Waals surface area contributed by atoms with E-state index in [4.69, 9.17) is 23.2 Å². The fourth-order valence-electron chi connectivity index (χ4n) is 2.41. The number of hydrogen-bond donors (Lipinski definition) is 1. The first-order valence-electron chi connectivity index (χ1n) is 7.32. The minimum absolute atomic E-state index is 0.171. The van der Waals surface area contributed by atoms with Crippen molar-refractivity contribution in [3.05, 3.63) is 33.7 Å². The first kappa shape index (κ1) is 17.1. The smallest absolute Gasteiger partial charge is 0.270 e. The average molecular weight is 343 g/mol. The van der Waals surface area contributed by atoms with E-state index in [2.05, 4.69) is 29.0 Å². The molecule has 0 spiro atoms. The maximum Gasteiger partial charge on any atom is 0.270 e. The molecule has 0 unspecified atom stereocenters. The molecule has 0 aliphatic rings. The third-order valence-corrected chi connectivity index (χ3v) is 4.12. The summed E-state index contributed by atoms with van der Waals surface area (Å²) in [6.07, 6.45) is 1.65. The van der Waals surface area contributed by atoms with Crippen molar-refractivity contribution in [3.63, 3.8) is 0 Å². The van der Waals surface area contributed by atoms with E-state index in [1.165, 1.54) is 0 Å². The van der Waals surface area contributed by atoms with Crippen LogP contribution in [0.2, 0.25) is 10.0 Å². The molecule has 0 saturated heterocycles. The van der Waals surface area contributed by atoms with Gasteiger partial charge < -0.3 is 10.2 Å². The molecule has 22 heavy (non-hydrogen) atoms. The molecule has 1 N–H and O–H groups in total. The Hall–Kier alpha value is -1.30. The highest BCUT2D eigenvalue weighted by Gasteiger charge is 2.18. The molecule has 2 rings (SSSR count). The molecule has 2 heterocycles. The summed E-state index contributed by atoms with van der Waals surface area (Å²) in [5, 5.41) is 3.82. The second-order valence-electron chi connectivity index (χ2n) is 5.03. The van der Waals surface area contributed by atoms with Crippen LogP contribution in [0.15, 0.2) is 12.3 Å². The van der Waals surface area contributed by atoms with Crippen LogP contribution in [0.5, 0.6) is 0 Å². The van der Waals surface area contributed by atoms with Gasteiger partial charge in [0.05, 0.1) is 15.7 Å². The molecule has 7 heteroatoms. The molecule has 5 nitrogen and oxygen atoms in total. The zero-order valence-corrected chi connectivity index (χ0v) is 14.5. The molecule has 0 bridgehead atoms. The molecule has 0 fully saturated rings. The van der Waals surface area contributed by atoms with Gasteiger partial charge >= 0.3 is 0 Å². The largest absolute Gasteiger partial charge is 0.349 e. The Morgan fingerprint density at radius 1 is 1.36 bits per heavy atom. The first-order chi connectivity index (χ1) is 10.5. The summed E-state index contributed by atoms with van der Waals surface area (Å²) >= 11 is 12.2. The number of nitrogens with zero attached hydrogens (tertiary/aromatic N) is 3. The van der Waals surface area contributed by atoms with Gasteiger partial charge in [0, 0.05) is 19.3 Å². The van der Waals surface area contributed by atoms with Gasteiger partial charge in [-0.25, -0.2) is 4.98 Å². The minimum Gasteiger partial charge on any atom is -0.349 e. The monoisotopic (exact) mass is 342 g/mol.